The second-order valence-corrected chi connectivity index (χ2v) is 8.68. The Bertz CT molecular complexity index is 991. The molecule has 7 nitrogen and oxygen atoms in total. The van der Waals surface area contributed by atoms with E-state index in [9.17, 15) is 9.59 Å². The fraction of sp³-hybridized carbons (Fsp3) is 0.417. The van der Waals surface area contributed by atoms with E-state index in [0.29, 0.717) is 35.3 Å². The van der Waals surface area contributed by atoms with Gasteiger partial charge in [0.05, 0.1) is 29.6 Å². The quantitative estimate of drug-likeness (QED) is 0.720. The SMILES string of the molecule is CCOc1ccccc1N1CC(C(=O)Nc2cc(Cl)ccc2N2CCN(C)CC2)CC1=O. The van der Waals surface area contributed by atoms with Crippen LogP contribution in [0.4, 0.5) is 17.1 Å². The lowest BCUT2D eigenvalue weighted by atomic mass is 10.1. The standard InChI is InChI=1S/C24H29ClN4O3/c1-3-32-22-7-5-4-6-21(22)29-16-17(14-23(29)30)24(31)26-19-15-18(25)8-9-20(19)28-12-10-27(2)11-13-28/h4-9,15,17H,3,10-14,16H2,1-2H3,(H,26,31). The first-order valence-corrected chi connectivity index (χ1v) is 11.4. The molecule has 1 N–H and O–H groups in total. The molecule has 0 saturated carbocycles. The van der Waals surface area contributed by atoms with Crippen LogP contribution in [0.5, 0.6) is 5.75 Å². The molecule has 0 bridgehead atoms. The van der Waals surface area contributed by atoms with Gasteiger partial charge in [0.1, 0.15) is 5.75 Å². The summed E-state index contributed by atoms with van der Waals surface area (Å²) in [5.74, 6) is -0.0526. The number of hydrogen-bond acceptors (Lipinski definition) is 5. The summed E-state index contributed by atoms with van der Waals surface area (Å²) in [6, 6.07) is 13.0. The number of ether oxygens (including phenoxy) is 1. The number of para-hydroxylation sites is 2. The lowest BCUT2D eigenvalue weighted by Gasteiger charge is -2.35. The molecule has 8 heteroatoms. The first kappa shape index (κ1) is 22.4. The van der Waals surface area contributed by atoms with Crippen molar-refractivity contribution in [1.82, 2.24) is 4.90 Å². The van der Waals surface area contributed by atoms with Gasteiger partial charge in [0.15, 0.2) is 0 Å². The predicted molar refractivity (Wildman–Crippen MR) is 128 cm³/mol. The summed E-state index contributed by atoms with van der Waals surface area (Å²) in [5.41, 5.74) is 2.35. The van der Waals surface area contributed by atoms with Crippen LogP contribution in [0.2, 0.25) is 5.02 Å². The fourth-order valence-electron chi connectivity index (χ4n) is 4.24. The second-order valence-electron chi connectivity index (χ2n) is 8.25. The van der Waals surface area contributed by atoms with Crippen LogP contribution in [0, 0.1) is 5.92 Å². The lowest BCUT2D eigenvalue weighted by Crippen LogP contribution is -2.44. The molecule has 0 aliphatic carbocycles. The zero-order valence-electron chi connectivity index (χ0n) is 18.5. The van der Waals surface area contributed by atoms with Gasteiger partial charge in [-0.25, -0.2) is 0 Å². The zero-order valence-corrected chi connectivity index (χ0v) is 19.3. The average Bonchev–Trinajstić information content (AvgIpc) is 3.17. The first-order valence-electron chi connectivity index (χ1n) is 11.0. The highest BCUT2D eigenvalue weighted by Crippen LogP contribution is 2.35. The third-order valence-electron chi connectivity index (χ3n) is 6.01. The number of carbonyl (C=O) groups is 2. The Morgan fingerprint density at radius 3 is 2.62 bits per heavy atom. The molecule has 2 aromatic carbocycles. The van der Waals surface area contributed by atoms with Gasteiger partial charge in [-0.15, -0.1) is 0 Å². The van der Waals surface area contributed by atoms with E-state index in [2.05, 4.69) is 22.2 Å². The molecule has 32 heavy (non-hydrogen) atoms. The highest BCUT2D eigenvalue weighted by molar-refractivity contribution is 6.31. The van der Waals surface area contributed by atoms with Crippen LogP contribution in [0.25, 0.3) is 0 Å². The van der Waals surface area contributed by atoms with E-state index >= 15 is 0 Å². The molecule has 2 aromatic rings. The molecule has 2 amide bonds. The maximum atomic E-state index is 13.2. The van der Waals surface area contributed by atoms with Crippen molar-refractivity contribution < 1.29 is 14.3 Å². The summed E-state index contributed by atoms with van der Waals surface area (Å²) in [7, 11) is 2.11. The van der Waals surface area contributed by atoms with Crippen molar-refractivity contribution in [3.63, 3.8) is 0 Å². The van der Waals surface area contributed by atoms with Crippen molar-refractivity contribution in [2.24, 2.45) is 5.92 Å². The smallest absolute Gasteiger partial charge is 0.229 e. The highest BCUT2D eigenvalue weighted by atomic mass is 35.5. The molecule has 170 valence electrons. The van der Waals surface area contributed by atoms with Crippen LogP contribution in [0.1, 0.15) is 13.3 Å². The van der Waals surface area contributed by atoms with Gasteiger partial charge in [-0.05, 0) is 44.3 Å². The predicted octanol–water partition coefficient (Wildman–Crippen LogP) is 3.48. The van der Waals surface area contributed by atoms with Gasteiger partial charge in [0.25, 0.3) is 0 Å². The van der Waals surface area contributed by atoms with Crippen molar-refractivity contribution in [2.75, 3.05) is 61.5 Å². The van der Waals surface area contributed by atoms with Crippen molar-refractivity contribution in [3.05, 3.63) is 47.5 Å². The fourth-order valence-corrected chi connectivity index (χ4v) is 4.41. The molecule has 2 saturated heterocycles. The molecular formula is C24H29ClN4O3. The summed E-state index contributed by atoms with van der Waals surface area (Å²) < 4.78 is 5.67. The summed E-state index contributed by atoms with van der Waals surface area (Å²) >= 11 is 6.24. The number of nitrogens with one attached hydrogen (secondary N) is 1. The number of carbonyl (C=O) groups excluding carboxylic acids is 2. The zero-order chi connectivity index (χ0) is 22.7. The normalized spacial score (nSPS) is 19.3. The van der Waals surface area contributed by atoms with E-state index in [1.807, 2.05) is 43.3 Å². The number of halogens is 1. The van der Waals surface area contributed by atoms with Crippen LogP contribution < -0.4 is 19.9 Å². The van der Waals surface area contributed by atoms with Crippen molar-refractivity contribution in [3.8, 4) is 5.75 Å². The Hall–Kier alpha value is -2.77. The Labute approximate surface area is 193 Å². The lowest BCUT2D eigenvalue weighted by molar-refractivity contribution is -0.122. The molecule has 0 spiro atoms. The molecule has 4 rings (SSSR count). The molecule has 1 unspecified atom stereocenters. The molecule has 2 heterocycles. The van der Waals surface area contributed by atoms with E-state index in [0.717, 1.165) is 31.9 Å². The molecule has 0 radical (unpaired) electrons. The van der Waals surface area contributed by atoms with Crippen LogP contribution in [-0.2, 0) is 9.59 Å². The summed E-state index contributed by atoms with van der Waals surface area (Å²) in [5, 5.41) is 3.61. The summed E-state index contributed by atoms with van der Waals surface area (Å²) in [4.78, 5) is 32.1. The van der Waals surface area contributed by atoms with Crippen molar-refractivity contribution >= 4 is 40.5 Å². The van der Waals surface area contributed by atoms with Crippen LogP contribution in [0.3, 0.4) is 0 Å². The molecule has 1 atom stereocenters. The van der Waals surface area contributed by atoms with E-state index < -0.39 is 5.92 Å². The highest BCUT2D eigenvalue weighted by Gasteiger charge is 2.36. The van der Waals surface area contributed by atoms with Crippen LogP contribution in [-0.4, -0.2) is 63.1 Å². The van der Waals surface area contributed by atoms with Crippen LogP contribution >= 0.6 is 11.6 Å². The Morgan fingerprint density at radius 1 is 1.12 bits per heavy atom. The molecule has 2 aliphatic heterocycles. The molecule has 2 aliphatic rings. The van der Waals surface area contributed by atoms with Gasteiger partial charge >= 0.3 is 0 Å². The first-order chi connectivity index (χ1) is 15.5. The van der Waals surface area contributed by atoms with E-state index in [-0.39, 0.29) is 18.2 Å². The number of benzene rings is 2. The topological polar surface area (TPSA) is 65.1 Å². The Balaban J connectivity index is 1.49. The van der Waals surface area contributed by atoms with E-state index in [1.54, 1.807) is 11.0 Å². The minimum absolute atomic E-state index is 0.0808. The third-order valence-corrected chi connectivity index (χ3v) is 6.25. The molecule has 0 aromatic heterocycles. The number of nitrogens with zero attached hydrogens (tertiary/aromatic N) is 3. The number of rotatable bonds is 6. The summed E-state index contributed by atoms with van der Waals surface area (Å²) in [6.45, 7) is 6.41. The second kappa shape index (κ2) is 9.79. The minimum Gasteiger partial charge on any atom is -0.492 e. The number of hydrogen-bond donors (Lipinski definition) is 1. The van der Waals surface area contributed by atoms with E-state index in [1.165, 1.54) is 0 Å². The maximum absolute atomic E-state index is 13.2. The number of piperazine rings is 1. The number of anilines is 3. The Morgan fingerprint density at radius 2 is 1.88 bits per heavy atom. The van der Waals surface area contributed by atoms with Gasteiger partial charge < -0.3 is 24.8 Å². The van der Waals surface area contributed by atoms with Gasteiger partial charge in [-0.1, -0.05) is 23.7 Å². The van der Waals surface area contributed by atoms with Gasteiger partial charge in [-0.3, -0.25) is 9.59 Å². The third kappa shape index (κ3) is 4.84. The number of likely N-dealkylation sites (N-methyl/N-ethyl adjacent to an activating group) is 1. The monoisotopic (exact) mass is 456 g/mol. The maximum Gasteiger partial charge on any atom is 0.229 e. The van der Waals surface area contributed by atoms with Crippen molar-refractivity contribution in [1.29, 1.82) is 0 Å². The molecule has 2 fully saturated rings. The van der Waals surface area contributed by atoms with Crippen molar-refractivity contribution in [2.45, 2.75) is 13.3 Å². The molecular weight excluding hydrogens is 428 g/mol. The average molecular weight is 457 g/mol. The van der Waals surface area contributed by atoms with E-state index in [4.69, 9.17) is 16.3 Å². The van der Waals surface area contributed by atoms with Gasteiger partial charge in [0, 0.05) is 44.2 Å². The van der Waals surface area contributed by atoms with Gasteiger partial charge in [0.2, 0.25) is 11.8 Å². The largest absolute Gasteiger partial charge is 0.492 e. The number of amides is 2. The summed E-state index contributed by atoms with van der Waals surface area (Å²) in [6.07, 6.45) is 0.163. The van der Waals surface area contributed by atoms with Gasteiger partial charge in [-0.2, -0.15) is 0 Å². The Kier molecular flexibility index (Phi) is 6.86. The van der Waals surface area contributed by atoms with Crippen LogP contribution in [0.15, 0.2) is 42.5 Å². The minimum atomic E-state index is -0.448.